The van der Waals surface area contributed by atoms with E-state index in [4.69, 9.17) is 41.1 Å². The number of tetrazole rings is 1. The Hall–Kier alpha value is -4.29. The molecule has 2 fully saturated rings. The molecule has 0 bridgehead atoms. The summed E-state index contributed by atoms with van der Waals surface area (Å²) in [5.41, 5.74) is 3.78. The monoisotopic (exact) mass is 668 g/mol. The number of unbranched alkanes of at least 4 members (excludes halogenated alkanes) is 1. The molecule has 2 aliphatic rings. The van der Waals surface area contributed by atoms with E-state index >= 15 is 0 Å². The van der Waals surface area contributed by atoms with Crippen LogP contribution in [0.2, 0.25) is 5.15 Å². The first kappa shape index (κ1) is 32.6. The molecule has 0 saturated carbocycles. The number of hydrogen-bond donors (Lipinski definition) is 4. The Morgan fingerprint density at radius 2 is 1.81 bits per heavy atom. The fourth-order valence-electron chi connectivity index (χ4n) is 5.75. The van der Waals surface area contributed by atoms with Crippen LogP contribution in [-0.4, -0.2) is 102 Å². The summed E-state index contributed by atoms with van der Waals surface area (Å²) >= 11 is 6.51. The third kappa shape index (κ3) is 7.33. The third-order valence-electron chi connectivity index (χ3n) is 7.96. The van der Waals surface area contributed by atoms with Crippen LogP contribution < -0.4 is 5.32 Å². The number of esters is 1. The molecule has 2 aromatic carbocycles. The topological polar surface area (TPSA) is 199 Å². The van der Waals surface area contributed by atoms with Gasteiger partial charge >= 0.3 is 5.97 Å². The maximum atomic E-state index is 13.4. The minimum atomic E-state index is -0.786. The highest BCUT2D eigenvalue weighted by molar-refractivity contribution is 6.32. The zero-order chi connectivity index (χ0) is 32.9. The van der Waals surface area contributed by atoms with E-state index in [1.165, 1.54) is 0 Å². The maximum Gasteiger partial charge on any atom is 0.325 e. The molecule has 6 rings (SSSR count). The molecule has 2 aromatic heterocycles. The number of aryl methyl sites for hydroxylation is 1. The van der Waals surface area contributed by atoms with Crippen LogP contribution in [0.15, 0.2) is 48.5 Å². The lowest BCUT2D eigenvalue weighted by molar-refractivity contribution is -0.507. The number of nitrogens with one attached hydrogen (secondary N) is 2. The van der Waals surface area contributed by atoms with Crippen molar-refractivity contribution in [2.24, 2.45) is 0 Å². The fourth-order valence-corrected chi connectivity index (χ4v) is 6.03. The minimum absolute atomic E-state index is 0.0108. The Balaban J connectivity index is 1.13. The van der Waals surface area contributed by atoms with Gasteiger partial charge in [0.25, 0.3) is 5.91 Å². The molecule has 0 spiro atoms. The normalized spacial score (nSPS) is 20.4. The number of carbonyl (C=O) groups excluding carboxylic acids is 2. The molecule has 0 radical (unpaired) electrons. The molecule has 4 N–H and O–H groups in total. The highest BCUT2D eigenvalue weighted by Crippen LogP contribution is 2.32. The molecule has 47 heavy (non-hydrogen) atoms. The summed E-state index contributed by atoms with van der Waals surface area (Å²) in [5.74, 6) is -0.142. The molecule has 0 unspecified atom stereocenters. The van der Waals surface area contributed by atoms with E-state index < -0.39 is 48.2 Å². The number of aromatic amines is 1. The van der Waals surface area contributed by atoms with E-state index in [1.807, 2.05) is 48.5 Å². The Bertz CT molecular complexity index is 1680. The lowest BCUT2D eigenvalue weighted by atomic mass is 9.98. The lowest BCUT2D eigenvalue weighted by Crippen LogP contribution is -2.39. The second-order valence-corrected chi connectivity index (χ2v) is 11.4. The van der Waals surface area contributed by atoms with E-state index in [9.17, 15) is 9.59 Å². The van der Waals surface area contributed by atoms with E-state index in [0.717, 1.165) is 35.1 Å². The predicted octanol–water partition coefficient (Wildman–Crippen LogP) is 2.59. The number of carbonyl (C=O) groups is 2. The fraction of sp³-hybridized carbons (Fsp3) is 0.400. The highest BCUT2D eigenvalue weighted by Gasteiger charge is 2.51. The molecule has 16 nitrogen and oxygen atoms in total. The van der Waals surface area contributed by atoms with Crippen molar-refractivity contribution >= 4 is 23.5 Å². The molecule has 4 aromatic rings. The molecule has 2 aliphatic heterocycles. The average Bonchev–Trinajstić information content (AvgIpc) is 3.87. The average molecular weight is 669 g/mol. The van der Waals surface area contributed by atoms with Crippen LogP contribution in [0.4, 0.5) is 0 Å². The third-order valence-corrected chi connectivity index (χ3v) is 8.22. The smallest absolute Gasteiger partial charge is 0.325 e. The summed E-state index contributed by atoms with van der Waals surface area (Å²) in [7, 11) is 0. The van der Waals surface area contributed by atoms with Gasteiger partial charge in [-0.2, -0.15) is 5.21 Å². The van der Waals surface area contributed by atoms with Crippen LogP contribution in [-0.2, 0) is 36.8 Å². The van der Waals surface area contributed by atoms with Crippen molar-refractivity contribution in [1.29, 1.82) is 0 Å². The van der Waals surface area contributed by atoms with Gasteiger partial charge in [0.15, 0.2) is 11.3 Å². The van der Waals surface area contributed by atoms with E-state index in [1.54, 1.807) is 4.57 Å². The van der Waals surface area contributed by atoms with Gasteiger partial charge in [0.05, 0.1) is 18.6 Å². The number of H-pyrrole nitrogens is 1. The van der Waals surface area contributed by atoms with Crippen LogP contribution >= 0.6 is 11.6 Å². The second kappa shape index (κ2) is 14.6. The summed E-state index contributed by atoms with van der Waals surface area (Å²) < 4.78 is 18.4. The van der Waals surface area contributed by atoms with Crippen molar-refractivity contribution in [3.8, 4) is 22.5 Å². The number of fused-ring (bicyclic) bond motifs is 1. The number of rotatable bonds is 13. The molecular weight excluding hydrogens is 636 g/mol. The number of halogens is 1. The van der Waals surface area contributed by atoms with Crippen LogP contribution in [0.3, 0.4) is 0 Å². The lowest BCUT2D eigenvalue weighted by Gasteiger charge is -2.18. The summed E-state index contributed by atoms with van der Waals surface area (Å²) in [6.45, 7) is 1.98. The molecule has 17 heteroatoms. The Morgan fingerprint density at radius 3 is 2.51 bits per heavy atom. The summed E-state index contributed by atoms with van der Waals surface area (Å²) in [6.07, 6.45) is -0.480. The van der Waals surface area contributed by atoms with E-state index in [0.29, 0.717) is 24.6 Å². The number of nitrogens with zero attached hydrogens (tertiary/aromatic N) is 6. The highest BCUT2D eigenvalue weighted by atomic mass is 35.5. The van der Waals surface area contributed by atoms with Crippen LogP contribution in [0, 0.1) is 0 Å². The van der Waals surface area contributed by atoms with E-state index in [2.05, 4.69) is 37.8 Å². The summed E-state index contributed by atoms with van der Waals surface area (Å²) in [5, 5.41) is 34.5. The van der Waals surface area contributed by atoms with Gasteiger partial charge < -0.3 is 24.1 Å². The number of hydrogen-bond acceptors (Lipinski definition) is 13. The van der Waals surface area contributed by atoms with Crippen LogP contribution in [0.25, 0.3) is 22.5 Å². The summed E-state index contributed by atoms with van der Waals surface area (Å²) in [6, 6.07) is 15.7. The van der Waals surface area contributed by atoms with Crippen molar-refractivity contribution in [2.75, 3.05) is 19.8 Å². The van der Waals surface area contributed by atoms with Crippen molar-refractivity contribution in [3.63, 3.8) is 0 Å². The van der Waals surface area contributed by atoms with Gasteiger partial charge in [0.2, 0.25) is 5.82 Å². The molecule has 2 saturated heterocycles. The Morgan fingerprint density at radius 1 is 1.09 bits per heavy atom. The zero-order valence-electron chi connectivity index (χ0n) is 25.3. The molecule has 4 atom stereocenters. The standard InChI is InChI=1S/C30H33ClN8O8/c1-2-3-8-23-33-28(31)25(30(41)32-13-24(40)46-21-15-44-27-22(47-39(42)43)16-45-26(21)27)38(23)14-17-9-11-18(12-10-17)19-6-4-5-7-20(19)29-34-36-37-35-29/h4-7,9-12,21-22,26-27,42-43H,2-3,8,13-16H2,1H3,(H,32,41)(H,34,35,36,37)/t21-,22+,26+,27+/m0/s1. The predicted molar refractivity (Wildman–Crippen MR) is 162 cm³/mol. The van der Waals surface area contributed by atoms with Gasteiger partial charge in [-0.3, -0.25) is 20.0 Å². The minimum Gasteiger partial charge on any atom is -0.456 e. The quantitative estimate of drug-likeness (QED) is 0.120. The molecule has 0 aliphatic carbocycles. The molecule has 1 amide bonds. The number of benzene rings is 2. The maximum absolute atomic E-state index is 13.4. The van der Waals surface area contributed by atoms with Crippen LogP contribution in [0.5, 0.6) is 0 Å². The molecular formula is C30H33ClN8O8. The zero-order valence-corrected chi connectivity index (χ0v) is 26.0. The number of ether oxygens (including phenoxy) is 3. The van der Waals surface area contributed by atoms with Gasteiger partial charge in [-0.05, 0) is 28.3 Å². The largest absolute Gasteiger partial charge is 0.456 e. The van der Waals surface area contributed by atoms with Gasteiger partial charge in [-0.1, -0.05) is 73.5 Å². The number of amides is 1. The van der Waals surface area contributed by atoms with Crippen molar-refractivity contribution in [3.05, 3.63) is 70.8 Å². The second-order valence-electron chi connectivity index (χ2n) is 11.0. The first-order chi connectivity index (χ1) is 22.8. The molecule has 4 heterocycles. The van der Waals surface area contributed by atoms with Gasteiger partial charge in [0.1, 0.15) is 36.4 Å². The van der Waals surface area contributed by atoms with Gasteiger partial charge in [-0.25, -0.2) is 9.82 Å². The van der Waals surface area contributed by atoms with E-state index in [-0.39, 0.29) is 24.1 Å². The van der Waals surface area contributed by atoms with Crippen molar-refractivity contribution in [1.82, 2.24) is 40.9 Å². The summed E-state index contributed by atoms with van der Waals surface area (Å²) in [4.78, 5) is 35.4. The Kier molecular flexibility index (Phi) is 10.2. The van der Waals surface area contributed by atoms with Crippen LogP contribution in [0.1, 0.15) is 41.6 Å². The Labute approximate surface area is 273 Å². The van der Waals surface area contributed by atoms with Crippen molar-refractivity contribution in [2.45, 2.75) is 57.1 Å². The van der Waals surface area contributed by atoms with Crippen molar-refractivity contribution < 1.29 is 39.1 Å². The van der Waals surface area contributed by atoms with Gasteiger partial charge in [-0.15, -0.1) is 10.2 Å². The number of imidazole rings is 1. The SMILES string of the molecule is CCCCc1nc(Cl)c(C(=O)NCC(=O)O[C@H]2CO[C@H]3[C@@H]2OC[C@H]3ON(O)O)n1Cc1ccc(-c2ccccc2-c2nn[nH]n2)cc1. The van der Waals surface area contributed by atoms with Gasteiger partial charge in [0, 0.05) is 18.5 Å². The first-order valence-corrected chi connectivity index (χ1v) is 15.4. The molecule has 248 valence electrons. The number of aromatic nitrogens is 6. The first-order valence-electron chi connectivity index (χ1n) is 15.0.